The maximum absolute atomic E-state index is 6.93. The molecule has 15 aromatic carbocycles. The molecule has 0 unspecified atom stereocenters. The number of furan rings is 2. The number of benzene rings is 15. The van der Waals surface area contributed by atoms with Crippen molar-refractivity contribution in [3.8, 4) is 33.4 Å². The summed E-state index contributed by atoms with van der Waals surface area (Å²) in [6.45, 7) is 0. The first-order chi connectivity index (χ1) is 44.2. The minimum absolute atomic E-state index is 0.764. The number of anilines is 6. The second-order valence-corrected chi connectivity index (χ2v) is 23.4. The quantitative estimate of drug-likeness (QED) is 0.128. The summed E-state index contributed by atoms with van der Waals surface area (Å²) >= 11 is 0. The Labute approximate surface area is 514 Å². The Morgan fingerprint density at radius 1 is 0.258 bits per heavy atom. The first kappa shape index (κ1) is 50.6. The fraction of sp³-hybridized carbons (Fsp3) is 0.0118. The zero-order valence-corrected chi connectivity index (χ0v) is 48.4. The van der Waals surface area contributed by atoms with Crippen molar-refractivity contribution in [3.05, 3.63) is 350 Å². The minimum Gasteiger partial charge on any atom is -0.454 e. The molecule has 1 aliphatic carbocycles. The number of para-hydroxylation sites is 6. The molecule has 0 bridgehead atoms. The van der Waals surface area contributed by atoms with Gasteiger partial charge in [-0.05, 0) is 150 Å². The van der Waals surface area contributed by atoms with Crippen molar-refractivity contribution in [2.45, 2.75) is 5.41 Å². The van der Waals surface area contributed by atoms with E-state index in [4.69, 9.17) is 8.83 Å². The SMILES string of the molecule is c1ccc(-c2ccccc2N(c2ccc3cc4c(cc3c2)C(c2ccccc2)(c2ccccc2)c2c-4c3ccccc3c3cc(N(c4ccccc4-c4ccccc4)c4cccc5c4oc4ccccc45)ccc23)c2cccc3c2oc2ccccc23)cc1. The van der Waals surface area contributed by atoms with E-state index in [1.54, 1.807) is 0 Å². The van der Waals surface area contributed by atoms with Gasteiger partial charge in [0.2, 0.25) is 0 Å². The van der Waals surface area contributed by atoms with Gasteiger partial charge in [0, 0.05) is 44.0 Å². The van der Waals surface area contributed by atoms with Gasteiger partial charge in [-0.2, -0.15) is 0 Å². The average Bonchev–Trinajstić information content (AvgIpc) is 1.54. The summed E-state index contributed by atoms with van der Waals surface area (Å²) in [5.74, 6) is 0. The minimum atomic E-state index is -0.764. The monoisotopic (exact) mass is 1130 g/mol. The fourth-order valence-corrected chi connectivity index (χ4v) is 14.9. The molecule has 1 aliphatic rings. The van der Waals surface area contributed by atoms with Gasteiger partial charge in [-0.25, -0.2) is 0 Å². The summed E-state index contributed by atoms with van der Waals surface area (Å²) in [6, 6.07) is 120. The molecule has 0 N–H and O–H groups in total. The van der Waals surface area contributed by atoms with E-state index >= 15 is 0 Å². The summed E-state index contributed by atoms with van der Waals surface area (Å²) in [4.78, 5) is 4.83. The Hall–Kier alpha value is -11.7. The molecule has 17 aromatic rings. The van der Waals surface area contributed by atoms with Gasteiger partial charge in [-0.15, -0.1) is 0 Å². The van der Waals surface area contributed by atoms with Crippen molar-refractivity contribution in [2.75, 3.05) is 9.80 Å². The molecule has 0 radical (unpaired) electrons. The molecule has 0 aliphatic heterocycles. The second-order valence-electron chi connectivity index (χ2n) is 23.4. The Balaban J connectivity index is 0.909. The summed E-state index contributed by atoms with van der Waals surface area (Å²) in [6.07, 6.45) is 0. The maximum atomic E-state index is 6.93. The molecule has 0 spiro atoms. The molecule has 2 aromatic heterocycles. The number of hydrogen-bond donors (Lipinski definition) is 0. The molecule has 18 rings (SSSR count). The van der Waals surface area contributed by atoms with Gasteiger partial charge in [0.25, 0.3) is 0 Å². The molecule has 0 saturated heterocycles. The molecular formula is C85H54N2O2. The molecule has 0 amide bonds. The standard InChI is InChI=1S/C85H54N2O2/c1-5-25-55(26-6-1)63-33-15-19-41-75(63)86(77-43-23-39-70-66-36-17-21-45-79(66)88-83(70)77)61-48-47-57-52-73-74(53-58(57)51-61)85(59-29-9-3-10-30-59,60-31-11-4-12-32-60)82-69-50-49-62(54-72(69)65-35-13-14-38-68(65)81(73)82)87(76-42-20-16-34-64(76)56-27-7-2-8-28-56)78-44-24-40-71-67-37-18-22-46-80(67)89-84(71)78/h1-54H. The van der Waals surface area contributed by atoms with Crippen LogP contribution in [0.5, 0.6) is 0 Å². The van der Waals surface area contributed by atoms with Crippen LogP contribution < -0.4 is 9.80 Å². The first-order valence-electron chi connectivity index (χ1n) is 30.6. The lowest BCUT2D eigenvalue weighted by atomic mass is 9.66. The lowest BCUT2D eigenvalue weighted by molar-refractivity contribution is 0.668. The van der Waals surface area contributed by atoms with E-state index in [0.717, 1.165) is 111 Å². The van der Waals surface area contributed by atoms with Gasteiger partial charge >= 0.3 is 0 Å². The van der Waals surface area contributed by atoms with Gasteiger partial charge in [0.05, 0.1) is 28.2 Å². The van der Waals surface area contributed by atoms with Crippen molar-refractivity contribution < 1.29 is 8.83 Å². The van der Waals surface area contributed by atoms with Crippen LogP contribution in [0, 0.1) is 0 Å². The van der Waals surface area contributed by atoms with Gasteiger partial charge in [-0.3, -0.25) is 0 Å². The van der Waals surface area contributed by atoms with E-state index < -0.39 is 5.41 Å². The van der Waals surface area contributed by atoms with Gasteiger partial charge < -0.3 is 18.6 Å². The van der Waals surface area contributed by atoms with Crippen LogP contribution in [-0.4, -0.2) is 0 Å². The largest absolute Gasteiger partial charge is 0.454 e. The third-order valence-corrected chi connectivity index (χ3v) is 18.7. The van der Waals surface area contributed by atoms with Crippen LogP contribution in [0.15, 0.2) is 336 Å². The normalized spacial score (nSPS) is 12.6. The van der Waals surface area contributed by atoms with Crippen molar-refractivity contribution in [1.82, 2.24) is 0 Å². The highest BCUT2D eigenvalue weighted by Gasteiger charge is 2.48. The average molecular weight is 1140 g/mol. The lowest BCUT2D eigenvalue weighted by Crippen LogP contribution is -2.29. The third kappa shape index (κ3) is 7.73. The maximum Gasteiger partial charge on any atom is 0.159 e. The summed E-state index contributed by atoms with van der Waals surface area (Å²) in [5, 5.41) is 11.4. The van der Waals surface area contributed by atoms with Crippen LogP contribution in [0.2, 0.25) is 0 Å². The predicted octanol–water partition coefficient (Wildman–Crippen LogP) is 23.6. The Morgan fingerprint density at radius 2 is 0.697 bits per heavy atom. The fourth-order valence-electron chi connectivity index (χ4n) is 14.9. The molecule has 4 heteroatoms. The Bertz CT molecular complexity index is 5590. The summed E-state index contributed by atoms with van der Waals surface area (Å²) in [5.41, 5.74) is 20.6. The molecule has 0 atom stereocenters. The van der Waals surface area contributed by atoms with Gasteiger partial charge in [0.15, 0.2) is 11.2 Å². The van der Waals surface area contributed by atoms with E-state index in [1.807, 2.05) is 6.07 Å². The first-order valence-corrected chi connectivity index (χ1v) is 30.6. The third-order valence-electron chi connectivity index (χ3n) is 18.7. The van der Waals surface area contributed by atoms with Gasteiger partial charge in [0.1, 0.15) is 11.2 Å². The molecule has 4 nitrogen and oxygen atoms in total. The smallest absolute Gasteiger partial charge is 0.159 e. The summed E-state index contributed by atoms with van der Waals surface area (Å²) in [7, 11) is 0. The van der Waals surface area contributed by atoms with Crippen LogP contribution in [0.1, 0.15) is 22.3 Å². The highest BCUT2D eigenvalue weighted by Crippen LogP contribution is 2.62. The Morgan fingerprint density at radius 3 is 1.26 bits per heavy atom. The molecular weight excluding hydrogens is 1080 g/mol. The number of nitrogens with zero attached hydrogens (tertiary/aromatic N) is 2. The van der Waals surface area contributed by atoms with Crippen LogP contribution in [0.25, 0.3) is 110 Å². The molecule has 0 fully saturated rings. The van der Waals surface area contributed by atoms with E-state index in [-0.39, 0.29) is 0 Å². The van der Waals surface area contributed by atoms with Crippen LogP contribution in [0.4, 0.5) is 34.1 Å². The molecule has 416 valence electrons. The Kier molecular flexibility index (Phi) is 11.5. The number of hydrogen-bond acceptors (Lipinski definition) is 4. The summed E-state index contributed by atoms with van der Waals surface area (Å²) < 4.78 is 13.8. The second kappa shape index (κ2) is 20.2. The molecule has 0 saturated carbocycles. The van der Waals surface area contributed by atoms with Crippen LogP contribution in [-0.2, 0) is 5.41 Å². The van der Waals surface area contributed by atoms with E-state index in [0.29, 0.717) is 0 Å². The zero-order valence-electron chi connectivity index (χ0n) is 48.4. The predicted molar refractivity (Wildman–Crippen MR) is 371 cm³/mol. The van der Waals surface area contributed by atoms with Crippen molar-refractivity contribution in [3.63, 3.8) is 0 Å². The van der Waals surface area contributed by atoms with E-state index in [1.165, 1.54) is 54.9 Å². The van der Waals surface area contributed by atoms with E-state index in [2.05, 4.69) is 331 Å². The van der Waals surface area contributed by atoms with Crippen molar-refractivity contribution >= 4 is 110 Å². The number of fused-ring (bicyclic) bond motifs is 15. The topological polar surface area (TPSA) is 32.8 Å². The van der Waals surface area contributed by atoms with E-state index in [9.17, 15) is 0 Å². The van der Waals surface area contributed by atoms with Crippen LogP contribution in [0.3, 0.4) is 0 Å². The highest BCUT2D eigenvalue weighted by molar-refractivity contribution is 6.21. The lowest BCUT2D eigenvalue weighted by Gasteiger charge is -2.35. The van der Waals surface area contributed by atoms with Gasteiger partial charge in [-0.1, -0.05) is 255 Å². The molecule has 89 heavy (non-hydrogen) atoms. The van der Waals surface area contributed by atoms with Crippen molar-refractivity contribution in [1.29, 1.82) is 0 Å². The van der Waals surface area contributed by atoms with Crippen molar-refractivity contribution in [2.24, 2.45) is 0 Å². The number of rotatable bonds is 10. The van der Waals surface area contributed by atoms with Crippen LogP contribution >= 0.6 is 0 Å². The zero-order chi connectivity index (χ0) is 58.6. The molecule has 2 heterocycles. The highest BCUT2D eigenvalue weighted by atomic mass is 16.3.